The average molecular weight is 373 g/mol. The number of halogens is 3. The van der Waals surface area contributed by atoms with E-state index in [0.717, 1.165) is 56.6 Å². The van der Waals surface area contributed by atoms with Crippen molar-refractivity contribution in [3.8, 4) is 0 Å². The van der Waals surface area contributed by atoms with Crippen molar-refractivity contribution in [3.05, 3.63) is 29.8 Å². The number of hydrogen-bond acceptors (Lipinski definition) is 2. The highest BCUT2D eigenvalue weighted by Gasteiger charge is 2.29. The van der Waals surface area contributed by atoms with Crippen LogP contribution in [0.5, 0.6) is 0 Å². The topological polar surface area (TPSA) is 27.3 Å². The number of alkyl halides is 3. The lowest BCUT2D eigenvalue weighted by Gasteiger charge is -2.35. The Balaban J connectivity index is 1.67. The summed E-state index contributed by atoms with van der Waals surface area (Å²) in [6.45, 7) is 8.67. The summed E-state index contributed by atoms with van der Waals surface area (Å²) in [5, 5.41) is 6.45. The summed E-state index contributed by atoms with van der Waals surface area (Å²) in [6, 6.07) is 4.86. The third-order valence-corrected chi connectivity index (χ3v) is 4.60. The van der Waals surface area contributed by atoms with Gasteiger partial charge in [0.1, 0.15) is 0 Å². The molecular weight excluding hydrogens is 347 g/mol. The van der Waals surface area contributed by atoms with Crippen molar-refractivity contribution in [1.29, 1.82) is 0 Å². The van der Waals surface area contributed by atoms with E-state index in [4.69, 9.17) is 12.2 Å². The maximum Gasteiger partial charge on any atom is 0.416 e. The molecular formula is C18H26F3N3S. The zero-order valence-electron chi connectivity index (χ0n) is 14.7. The van der Waals surface area contributed by atoms with Gasteiger partial charge in [-0.15, -0.1) is 0 Å². The minimum Gasteiger partial charge on any atom is -0.362 e. The van der Waals surface area contributed by atoms with Crippen molar-refractivity contribution in [2.24, 2.45) is 11.8 Å². The van der Waals surface area contributed by atoms with Gasteiger partial charge in [0.15, 0.2) is 5.11 Å². The number of benzene rings is 1. The standard InChI is InChI=1S/C18H26F3N3S/c1-13-10-14(2)12-24(11-13)9-3-8-22-17(25)23-16-6-4-15(5-7-16)18(19,20)21/h4-7,13-14H,3,8-12H2,1-2H3,(H2,22,23,25)/t13-,14-/m1/s1. The lowest BCUT2D eigenvalue weighted by Crippen LogP contribution is -2.40. The molecule has 0 unspecified atom stereocenters. The predicted molar refractivity (Wildman–Crippen MR) is 99.7 cm³/mol. The first-order chi connectivity index (χ1) is 11.7. The molecule has 2 N–H and O–H groups in total. The number of likely N-dealkylation sites (tertiary alicyclic amines) is 1. The molecule has 1 aliphatic rings. The van der Waals surface area contributed by atoms with Crippen LogP contribution in [0.15, 0.2) is 24.3 Å². The van der Waals surface area contributed by atoms with Gasteiger partial charge in [0.25, 0.3) is 0 Å². The second-order valence-electron chi connectivity index (χ2n) is 7.02. The fourth-order valence-electron chi connectivity index (χ4n) is 3.40. The van der Waals surface area contributed by atoms with E-state index in [0.29, 0.717) is 10.8 Å². The van der Waals surface area contributed by atoms with E-state index in [-0.39, 0.29) is 0 Å². The van der Waals surface area contributed by atoms with Crippen LogP contribution in [-0.4, -0.2) is 36.2 Å². The number of rotatable bonds is 5. The second-order valence-corrected chi connectivity index (χ2v) is 7.42. The Morgan fingerprint density at radius 3 is 2.32 bits per heavy atom. The largest absolute Gasteiger partial charge is 0.416 e. The summed E-state index contributed by atoms with van der Waals surface area (Å²) < 4.78 is 37.6. The first-order valence-electron chi connectivity index (χ1n) is 8.68. The second kappa shape index (κ2) is 8.85. The minimum atomic E-state index is -4.32. The molecule has 1 aliphatic heterocycles. The molecule has 1 fully saturated rings. The van der Waals surface area contributed by atoms with Crippen LogP contribution in [0.2, 0.25) is 0 Å². The van der Waals surface area contributed by atoms with Gasteiger partial charge in [-0.05, 0) is 67.7 Å². The van der Waals surface area contributed by atoms with Crippen molar-refractivity contribution in [1.82, 2.24) is 10.2 Å². The number of nitrogens with one attached hydrogen (secondary N) is 2. The minimum absolute atomic E-state index is 0.431. The third kappa shape index (κ3) is 6.82. The maximum atomic E-state index is 12.5. The van der Waals surface area contributed by atoms with Crippen LogP contribution in [0.1, 0.15) is 32.3 Å². The molecule has 1 aromatic carbocycles. The fourth-order valence-corrected chi connectivity index (χ4v) is 3.62. The molecule has 140 valence electrons. The van der Waals surface area contributed by atoms with Crippen molar-refractivity contribution < 1.29 is 13.2 Å². The van der Waals surface area contributed by atoms with Crippen molar-refractivity contribution in [3.63, 3.8) is 0 Å². The Kier molecular flexibility index (Phi) is 7.07. The number of thiocarbonyl (C=S) groups is 1. The van der Waals surface area contributed by atoms with E-state index >= 15 is 0 Å². The third-order valence-electron chi connectivity index (χ3n) is 4.35. The highest BCUT2D eigenvalue weighted by atomic mass is 32.1. The fraction of sp³-hybridized carbons (Fsp3) is 0.611. The van der Waals surface area contributed by atoms with E-state index in [9.17, 15) is 13.2 Å². The quantitative estimate of drug-likeness (QED) is 0.592. The van der Waals surface area contributed by atoms with Gasteiger partial charge in [-0.2, -0.15) is 13.2 Å². The molecule has 2 atom stereocenters. The van der Waals surface area contributed by atoms with E-state index in [1.54, 1.807) is 0 Å². The van der Waals surface area contributed by atoms with Crippen molar-refractivity contribution in [2.75, 3.05) is 31.5 Å². The van der Waals surface area contributed by atoms with E-state index in [1.807, 2.05) is 0 Å². The molecule has 1 aromatic rings. The van der Waals surface area contributed by atoms with E-state index in [1.165, 1.54) is 18.6 Å². The Morgan fingerprint density at radius 2 is 1.76 bits per heavy atom. The molecule has 7 heteroatoms. The average Bonchev–Trinajstić information content (AvgIpc) is 2.50. The first kappa shape index (κ1) is 20.0. The van der Waals surface area contributed by atoms with Gasteiger partial charge >= 0.3 is 6.18 Å². The van der Waals surface area contributed by atoms with Crippen LogP contribution < -0.4 is 10.6 Å². The summed E-state index contributed by atoms with van der Waals surface area (Å²) in [5.41, 5.74) is -0.119. The molecule has 0 aromatic heterocycles. The molecule has 0 bridgehead atoms. The molecule has 1 saturated heterocycles. The van der Waals surface area contributed by atoms with Crippen LogP contribution >= 0.6 is 12.2 Å². The molecule has 0 radical (unpaired) electrons. The van der Waals surface area contributed by atoms with Crippen LogP contribution in [0.3, 0.4) is 0 Å². The van der Waals surface area contributed by atoms with Crippen LogP contribution in [0.25, 0.3) is 0 Å². The molecule has 2 rings (SSSR count). The molecule has 25 heavy (non-hydrogen) atoms. The molecule has 0 saturated carbocycles. The Bertz CT molecular complexity index is 550. The Labute approximate surface area is 153 Å². The highest BCUT2D eigenvalue weighted by Crippen LogP contribution is 2.29. The summed E-state index contributed by atoms with van der Waals surface area (Å²) in [4.78, 5) is 2.49. The van der Waals surface area contributed by atoms with Crippen LogP contribution in [-0.2, 0) is 6.18 Å². The van der Waals surface area contributed by atoms with Gasteiger partial charge in [-0.1, -0.05) is 13.8 Å². The molecule has 1 heterocycles. The smallest absolute Gasteiger partial charge is 0.362 e. The lowest BCUT2D eigenvalue weighted by molar-refractivity contribution is -0.137. The van der Waals surface area contributed by atoms with Gasteiger partial charge < -0.3 is 15.5 Å². The monoisotopic (exact) mass is 373 g/mol. The van der Waals surface area contributed by atoms with Crippen LogP contribution in [0.4, 0.5) is 18.9 Å². The highest BCUT2D eigenvalue weighted by molar-refractivity contribution is 7.80. The Morgan fingerprint density at radius 1 is 1.16 bits per heavy atom. The van der Waals surface area contributed by atoms with Gasteiger partial charge in [0.2, 0.25) is 0 Å². The van der Waals surface area contributed by atoms with Gasteiger partial charge in [0, 0.05) is 25.3 Å². The normalized spacial score (nSPS) is 21.8. The summed E-state index contributed by atoms with van der Waals surface area (Å²) in [7, 11) is 0. The molecule has 0 amide bonds. The zero-order valence-corrected chi connectivity index (χ0v) is 15.5. The first-order valence-corrected chi connectivity index (χ1v) is 9.09. The maximum absolute atomic E-state index is 12.5. The Hall–Kier alpha value is -1.34. The predicted octanol–water partition coefficient (Wildman–Crippen LogP) is 4.36. The lowest BCUT2D eigenvalue weighted by atomic mass is 9.92. The SMILES string of the molecule is C[C@@H]1C[C@@H](C)CN(CCCNC(=S)Nc2ccc(C(F)(F)F)cc2)C1. The van der Waals surface area contributed by atoms with E-state index in [2.05, 4.69) is 29.4 Å². The summed E-state index contributed by atoms with van der Waals surface area (Å²) in [5.74, 6) is 1.50. The summed E-state index contributed by atoms with van der Waals surface area (Å²) in [6.07, 6.45) is -2.04. The zero-order chi connectivity index (χ0) is 18.4. The van der Waals surface area contributed by atoms with Crippen molar-refractivity contribution in [2.45, 2.75) is 32.9 Å². The summed E-state index contributed by atoms with van der Waals surface area (Å²) >= 11 is 5.19. The van der Waals surface area contributed by atoms with Gasteiger partial charge in [-0.3, -0.25) is 0 Å². The molecule has 3 nitrogen and oxygen atoms in total. The number of anilines is 1. The van der Waals surface area contributed by atoms with E-state index < -0.39 is 11.7 Å². The molecule has 0 spiro atoms. The number of hydrogen-bond donors (Lipinski definition) is 2. The van der Waals surface area contributed by atoms with Crippen molar-refractivity contribution >= 4 is 23.0 Å². The van der Waals surface area contributed by atoms with Gasteiger partial charge in [-0.25, -0.2) is 0 Å². The van der Waals surface area contributed by atoms with Gasteiger partial charge in [0.05, 0.1) is 5.56 Å². The number of piperidine rings is 1. The van der Waals surface area contributed by atoms with Crippen LogP contribution in [0, 0.1) is 11.8 Å². The number of nitrogens with zero attached hydrogens (tertiary/aromatic N) is 1. The molecule has 0 aliphatic carbocycles.